The van der Waals surface area contributed by atoms with Crippen LogP contribution in [0.2, 0.25) is 0 Å². The van der Waals surface area contributed by atoms with Crippen LogP contribution in [-0.2, 0) is 14.9 Å². The van der Waals surface area contributed by atoms with E-state index in [1.165, 1.54) is 37.7 Å². The number of aromatic nitrogens is 3. The minimum Gasteiger partial charge on any atom is -0.378 e. The second-order valence-electron chi connectivity index (χ2n) is 9.96. The van der Waals surface area contributed by atoms with Crippen LogP contribution in [0.5, 0.6) is 0 Å². The largest absolute Gasteiger partial charge is 0.378 e. The number of benzene rings is 1. The quantitative estimate of drug-likeness (QED) is 0.337. The van der Waals surface area contributed by atoms with Gasteiger partial charge in [0.1, 0.15) is 0 Å². The Morgan fingerprint density at radius 1 is 0.857 bits per heavy atom. The lowest BCUT2D eigenvalue weighted by Crippen LogP contribution is -2.20. The summed E-state index contributed by atoms with van der Waals surface area (Å²) in [6.07, 6.45) is 6.54. The predicted octanol–water partition coefficient (Wildman–Crippen LogP) is 4.65. The molecular weight excluding hydrogens is 464 g/mol. The minimum atomic E-state index is 0. The molecule has 0 saturated heterocycles. The van der Waals surface area contributed by atoms with E-state index in [0.29, 0.717) is 63.2 Å². The minimum absolute atomic E-state index is 0. The molecule has 0 aliphatic heterocycles. The van der Waals surface area contributed by atoms with Crippen molar-refractivity contribution in [2.24, 2.45) is 11.7 Å². The summed E-state index contributed by atoms with van der Waals surface area (Å²) in [4.78, 5) is 14.0. The van der Waals surface area contributed by atoms with Gasteiger partial charge in [-0.2, -0.15) is 15.0 Å². The predicted molar refractivity (Wildman–Crippen MR) is 145 cm³/mol. The summed E-state index contributed by atoms with van der Waals surface area (Å²) in [5.41, 5.74) is 7.78. The fourth-order valence-electron chi connectivity index (χ4n) is 4.05. The molecule has 0 atom stereocenters. The van der Waals surface area contributed by atoms with Crippen LogP contribution in [0, 0.1) is 5.92 Å². The van der Waals surface area contributed by atoms with Crippen LogP contribution in [0.25, 0.3) is 11.4 Å². The van der Waals surface area contributed by atoms with Gasteiger partial charge in [-0.1, -0.05) is 64.3 Å². The molecule has 0 radical (unpaired) electrons. The zero-order valence-electron chi connectivity index (χ0n) is 21.5. The van der Waals surface area contributed by atoms with Crippen LogP contribution in [-0.4, -0.2) is 61.0 Å². The molecule has 1 aliphatic rings. The third-order valence-electron chi connectivity index (χ3n) is 6.08. The maximum absolute atomic E-state index is 5.60. The van der Waals surface area contributed by atoms with E-state index in [4.69, 9.17) is 20.2 Å². The summed E-state index contributed by atoms with van der Waals surface area (Å²) in [5, 5.41) is 6.75. The zero-order valence-corrected chi connectivity index (χ0v) is 22.3. The second-order valence-corrected chi connectivity index (χ2v) is 9.96. The number of nitrogens with one attached hydrogen (secondary N) is 2. The van der Waals surface area contributed by atoms with Crippen molar-refractivity contribution in [3.63, 3.8) is 0 Å². The van der Waals surface area contributed by atoms with Crippen molar-refractivity contribution >= 4 is 24.3 Å². The molecule has 2 aromatic rings. The first kappa shape index (κ1) is 29.2. The highest BCUT2D eigenvalue weighted by molar-refractivity contribution is 5.85. The Morgan fingerprint density at radius 3 is 2.11 bits per heavy atom. The normalized spacial score (nSPS) is 14.4. The Labute approximate surface area is 216 Å². The number of hydrogen-bond acceptors (Lipinski definition) is 8. The standard InChI is InChI=1S/C26H42N6O2.ClH/c1-26(2,3)22-11-9-21(10-12-22)23-30-24(28-14-16-34-18-17-33-15-13-27)32-25(31-23)29-19-20-7-5-4-6-8-20;/h9-12,20H,4-8,13-19,27H2,1-3H3,(H2,28,29,30,31,32);1H. The number of ether oxygens (including phenoxy) is 2. The van der Waals surface area contributed by atoms with Crippen LogP contribution in [0.15, 0.2) is 24.3 Å². The molecule has 1 fully saturated rings. The molecule has 9 heteroatoms. The third kappa shape index (κ3) is 10.3. The van der Waals surface area contributed by atoms with Gasteiger partial charge in [-0.3, -0.25) is 0 Å². The lowest BCUT2D eigenvalue weighted by molar-refractivity contribution is 0.0547. The first-order valence-corrected chi connectivity index (χ1v) is 12.7. The molecule has 0 amide bonds. The van der Waals surface area contributed by atoms with E-state index in [-0.39, 0.29) is 17.8 Å². The maximum atomic E-state index is 5.60. The van der Waals surface area contributed by atoms with E-state index in [1.54, 1.807) is 0 Å². The van der Waals surface area contributed by atoms with E-state index in [9.17, 15) is 0 Å². The summed E-state index contributed by atoms with van der Waals surface area (Å²) < 4.78 is 10.9. The van der Waals surface area contributed by atoms with E-state index in [2.05, 4.69) is 65.6 Å². The number of rotatable bonds is 13. The van der Waals surface area contributed by atoms with Crippen molar-refractivity contribution in [1.29, 1.82) is 0 Å². The fourth-order valence-corrected chi connectivity index (χ4v) is 4.05. The number of anilines is 2. The first-order chi connectivity index (χ1) is 16.5. The number of nitrogens with zero attached hydrogens (tertiary/aromatic N) is 3. The summed E-state index contributed by atoms with van der Waals surface area (Å²) >= 11 is 0. The lowest BCUT2D eigenvalue weighted by atomic mass is 9.87. The average Bonchev–Trinajstić information content (AvgIpc) is 2.84. The zero-order chi connectivity index (χ0) is 24.2. The van der Waals surface area contributed by atoms with Crippen molar-refractivity contribution in [2.75, 3.05) is 56.7 Å². The van der Waals surface area contributed by atoms with Crippen LogP contribution < -0.4 is 16.4 Å². The van der Waals surface area contributed by atoms with Crippen molar-refractivity contribution in [3.8, 4) is 11.4 Å². The van der Waals surface area contributed by atoms with Gasteiger partial charge in [-0.25, -0.2) is 0 Å². The van der Waals surface area contributed by atoms with Crippen molar-refractivity contribution in [2.45, 2.75) is 58.3 Å². The topological polar surface area (TPSA) is 107 Å². The van der Waals surface area contributed by atoms with Gasteiger partial charge >= 0.3 is 0 Å². The highest BCUT2D eigenvalue weighted by atomic mass is 35.5. The maximum Gasteiger partial charge on any atom is 0.228 e. The summed E-state index contributed by atoms with van der Waals surface area (Å²) in [6, 6.07) is 8.49. The second kappa shape index (κ2) is 15.2. The van der Waals surface area contributed by atoms with Gasteiger partial charge in [0.2, 0.25) is 11.9 Å². The summed E-state index contributed by atoms with van der Waals surface area (Å²) in [7, 11) is 0. The van der Waals surface area contributed by atoms with Crippen molar-refractivity contribution in [1.82, 2.24) is 15.0 Å². The molecule has 8 nitrogen and oxygen atoms in total. The summed E-state index contributed by atoms with van der Waals surface area (Å²) in [5.74, 6) is 2.53. The molecule has 0 unspecified atom stereocenters. The molecule has 1 saturated carbocycles. The highest BCUT2D eigenvalue weighted by Crippen LogP contribution is 2.26. The van der Waals surface area contributed by atoms with E-state index < -0.39 is 0 Å². The smallest absolute Gasteiger partial charge is 0.228 e. The fraction of sp³-hybridized carbons (Fsp3) is 0.654. The van der Waals surface area contributed by atoms with Crippen molar-refractivity contribution < 1.29 is 9.47 Å². The van der Waals surface area contributed by atoms with Gasteiger partial charge in [0, 0.05) is 25.2 Å². The Kier molecular flexibility index (Phi) is 12.7. The molecule has 1 aromatic carbocycles. The number of nitrogens with two attached hydrogens (primary N) is 1. The lowest BCUT2D eigenvalue weighted by Gasteiger charge is -2.22. The van der Waals surface area contributed by atoms with Crippen LogP contribution >= 0.6 is 12.4 Å². The Hall–Kier alpha value is -2.00. The van der Waals surface area contributed by atoms with Gasteiger partial charge in [0.15, 0.2) is 5.82 Å². The molecule has 1 heterocycles. The molecule has 0 bridgehead atoms. The first-order valence-electron chi connectivity index (χ1n) is 12.7. The molecular formula is C26H43ClN6O2. The van der Waals surface area contributed by atoms with Crippen LogP contribution in [0.1, 0.15) is 58.4 Å². The average molecular weight is 507 g/mol. The molecule has 35 heavy (non-hydrogen) atoms. The summed E-state index contributed by atoms with van der Waals surface area (Å²) in [6.45, 7) is 10.9. The van der Waals surface area contributed by atoms with Gasteiger partial charge in [0.25, 0.3) is 0 Å². The Balaban J connectivity index is 0.00000432. The van der Waals surface area contributed by atoms with Gasteiger partial charge < -0.3 is 25.8 Å². The number of hydrogen-bond donors (Lipinski definition) is 3. The SMILES string of the molecule is CC(C)(C)c1ccc(-c2nc(NCCOCCOCCN)nc(NCC3CCCCC3)n2)cc1.Cl. The molecule has 0 spiro atoms. The molecule has 4 N–H and O–H groups in total. The Bertz CT molecular complexity index is 854. The van der Waals surface area contributed by atoms with Gasteiger partial charge in [-0.05, 0) is 29.7 Å². The van der Waals surface area contributed by atoms with Crippen molar-refractivity contribution in [3.05, 3.63) is 29.8 Å². The monoisotopic (exact) mass is 506 g/mol. The van der Waals surface area contributed by atoms with Gasteiger partial charge in [-0.15, -0.1) is 12.4 Å². The Morgan fingerprint density at radius 2 is 1.49 bits per heavy atom. The van der Waals surface area contributed by atoms with E-state index in [1.807, 2.05) is 0 Å². The number of halogens is 1. The molecule has 1 aliphatic carbocycles. The molecule has 3 rings (SSSR count). The molecule has 1 aromatic heterocycles. The van der Waals surface area contributed by atoms with E-state index >= 15 is 0 Å². The van der Waals surface area contributed by atoms with E-state index in [0.717, 1.165) is 12.1 Å². The molecule has 196 valence electrons. The highest BCUT2D eigenvalue weighted by Gasteiger charge is 2.16. The van der Waals surface area contributed by atoms with Crippen LogP contribution in [0.4, 0.5) is 11.9 Å². The van der Waals surface area contributed by atoms with Gasteiger partial charge in [0.05, 0.1) is 26.4 Å². The third-order valence-corrected chi connectivity index (χ3v) is 6.08. The van der Waals surface area contributed by atoms with Crippen LogP contribution in [0.3, 0.4) is 0 Å².